The number of ether oxygens (including phenoxy) is 1. The van der Waals surface area contributed by atoms with Crippen molar-refractivity contribution in [3.05, 3.63) is 42.4 Å². The maximum Gasteiger partial charge on any atom is 0.270 e. The van der Waals surface area contributed by atoms with E-state index in [9.17, 15) is 4.79 Å². The van der Waals surface area contributed by atoms with E-state index in [0.717, 1.165) is 11.4 Å². The first kappa shape index (κ1) is 15.8. The van der Waals surface area contributed by atoms with Crippen LogP contribution in [0.1, 0.15) is 31.3 Å². The zero-order chi connectivity index (χ0) is 16.2. The van der Waals surface area contributed by atoms with Crippen molar-refractivity contribution in [2.45, 2.75) is 26.3 Å². The van der Waals surface area contributed by atoms with Gasteiger partial charge in [-0.2, -0.15) is 0 Å². The highest BCUT2D eigenvalue weighted by molar-refractivity contribution is 5.93. The van der Waals surface area contributed by atoms with Crippen LogP contribution in [0.3, 0.4) is 0 Å². The fraction of sp³-hybridized carbons (Fsp3) is 0.312. The molecule has 2 rings (SSSR count). The summed E-state index contributed by atoms with van der Waals surface area (Å²) >= 11 is 0. The van der Waals surface area contributed by atoms with E-state index in [-0.39, 0.29) is 11.4 Å². The van der Waals surface area contributed by atoms with Crippen molar-refractivity contribution in [3.63, 3.8) is 0 Å². The molecule has 1 aromatic carbocycles. The van der Waals surface area contributed by atoms with Crippen molar-refractivity contribution in [1.82, 2.24) is 15.3 Å². The number of hydrogen-bond acceptors (Lipinski definition) is 5. The summed E-state index contributed by atoms with van der Waals surface area (Å²) < 4.78 is 5.17. The third-order valence-corrected chi connectivity index (χ3v) is 2.73. The Labute approximate surface area is 129 Å². The second-order valence-corrected chi connectivity index (χ2v) is 5.85. The molecule has 1 amide bonds. The number of anilines is 2. The van der Waals surface area contributed by atoms with Gasteiger partial charge in [-0.05, 0) is 32.9 Å². The van der Waals surface area contributed by atoms with Gasteiger partial charge in [0, 0.05) is 23.4 Å². The zero-order valence-electron chi connectivity index (χ0n) is 13.2. The number of amides is 1. The van der Waals surface area contributed by atoms with E-state index in [4.69, 9.17) is 4.74 Å². The Morgan fingerprint density at radius 1 is 1.18 bits per heavy atom. The molecule has 0 aliphatic heterocycles. The molecule has 0 spiro atoms. The number of rotatable bonds is 4. The summed E-state index contributed by atoms with van der Waals surface area (Å²) in [7, 11) is 1.61. The third-order valence-electron chi connectivity index (χ3n) is 2.73. The van der Waals surface area contributed by atoms with Gasteiger partial charge in [0.1, 0.15) is 23.6 Å². The molecule has 6 nitrogen and oxygen atoms in total. The van der Waals surface area contributed by atoms with Gasteiger partial charge in [-0.3, -0.25) is 4.79 Å². The molecule has 0 radical (unpaired) electrons. The van der Waals surface area contributed by atoms with Crippen molar-refractivity contribution >= 4 is 17.4 Å². The van der Waals surface area contributed by atoms with Crippen molar-refractivity contribution in [1.29, 1.82) is 0 Å². The average molecular weight is 300 g/mol. The van der Waals surface area contributed by atoms with Crippen LogP contribution in [0.2, 0.25) is 0 Å². The molecule has 116 valence electrons. The monoisotopic (exact) mass is 300 g/mol. The number of benzene rings is 1. The zero-order valence-corrected chi connectivity index (χ0v) is 13.2. The smallest absolute Gasteiger partial charge is 0.270 e. The maximum absolute atomic E-state index is 12.1. The second kappa shape index (κ2) is 6.43. The Morgan fingerprint density at radius 3 is 2.64 bits per heavy atom. The van der Waals surface area contributed by atoms with Gasteiger partial charge < -0.3 is 15.4 Å². The van der Waals surface area contributed by atoms with Crippen LogP contribution in [-0.4, -0.2) is 28.5 Å². The molecule has 0 bridgehead atoms. The minimum atomic E-state index is -0.317. The molecule has 0 atom stereocenters. The number of hydrogen-bond donors (Lipinski definition) is 2. The minimum Gasteiger partial charge on any atom is -0.497 e. The van der Waals surface area contributed by atoms with E-state index < -0.39 is 0 Å². The van der Waals surface area contributed by atoms with Crippen LogP contribution >= 0.6 is 0 Å². The summed E-state index contributed by atoms with van der Waals surface area (Å²) in [5.74, 6) is 1.05. The third kappa shape index (κ3) is 4.44. The summed E-state index contributed by atoms with van der Waals surface area (Å²) in [6, 6.07) is 9.07. The molecule has 6 heteroatoms. The number of nitrogens with one attached hydrogen (secondary N) is 2. The number of aromatic nitrogens is 2. The van der Waals surface area contributed by atoms with Crippen molar-refractivity contribution < 1.29 is 9.53 Å². The van der Waals surface area contributed by atoms with Crippen LogP contribution in [0.25, 0.3) is 0 Å². The number of carbonyl (C=O) groups is 1. The molecule has 1 heterocycles. The Morgan fingerprint density at radius 2 is 1.95 bits per heavy atom. The van der Waals surface area contributed by atoms with Gasteiger partial charge >= 0.3 is 0 Å². The molecule has 0 saturated heterocycles. The molecular formula is C16H20N4O2. The lowest BCUT2D eigenvalue weighted by Gasteiger charge is -2.20. The normalized spacial score (nSPS) is 10.9. The summed E-state index contributed by atoms with van der Waals surface area (Å²) in [4.78, 5) is 20.3. The summed E-state index contributed by atoms with van der Waals surface area (Å²) in [5.41, 5.74) is 0.818. The van der Waals surface area contributed by atoms with E-state index in [1.807, 2.05) is 45.0 Å². The van der Waals surface area contributed by atoms with Crippen LogP contribution in [0.5, 0.6) is 5.75 Å². The van der Waals surface area contributed by atoms with E-state index >= 15 is 0 Å². The molecule has 2 aromatic rings. The SMILES string of the molecule is COc1cccc(Nc2cc(C(=O)NC(C)(C)C)ncn2)c1. The number of carbonyl (C=O) groups excluding carboxylic acids is 1. The molecule has 22 heavy (non-hydrogen) atoms. The highest BCUT2D eigenvalue weighted by atomic mass is 16.5. The summed E-state index contributed by atoms with van der Waals surface area (Å²) in [6.07, 6.45) is 1.36. The van der Waals surface area contributed by atoms with Crippen LogP contribution < -0.4 is 15.4 Å². The summed E-state index contributed by atoms with van der Waals surface area (Å²) in [5, 5.41) is 5.99. The predicted octanol–water partition coefficient (Wildman–Crippen LogP) is 2.76. The highest BCUT2D eigenvalue weighted by Gasteiger charge is 2.16. The lowest BCUT2D eigenvalue weighted by molar-refractivity contribution is 0.0914. The standard InChI is InChI=1S/C16H20N4O2/c1-16(2,3)20-15(21)13-9-14(18-10-17-13)19-11-6-5-7-12(8-11)22-4/h5-10H,1-4H3,(H,20,21)(H,17,18,19). The van der Waals surface area contributed by atoms with Crippen molar-refractivity contribution in [3.8, 4) is 5.75 Å². The molecule has 2 N–H and O–H groups in total. The average Bonchev–Trinajstić information content (AvgIpc) is 2.46. The van der Waals surface area contributed by atoms with Crippen LogP contribution in [0, 0.1) is 0 Å². The van der Waals surface area contributed by atoms with Crippen LogP contribution in [0.15, 0.2) is 36.7 Å². The van der Waals surface area contributed by atoms with E-state index in [0.29, 0.717) is 11.5 Å². The fourth-order valence-electron chi connectivity index (χ4n) is 1.80. The van der Waals surface area contributed by atoms with Gasteiger partial charge in [-0.1, -0.05) is 6.07 Å². The van der Waals surface area contributed by atoms with Gasteiger partial charge in [-0.15, -0.1) is 0 Å². The molecule has 0 aliphatic rings. The van der Waals surface area contributed by atoms with Gasteiger partial charge in [0.25, 0.3) is 5.91 Å². The number of nitrogens with zero attached hydrogens (tertiary/aromatic N) is 2. The Bertz CT molecular complexity index is 665. The van der Waals surface area contributed by atoms with E-state index in [1.165, 1.54) is 6.33 Å². The molecule has 0 unspecified atom stereocenters. The first-order valence-corrected chi connectivity index (χ1v) is 6.93. The predicted molar refractivity (Wildman–Crippen MR) is 85.5 cm³/mol. The van der Waals surface area contributed by atoms with Gasteiger partial charge in [0.2, 0.25) is 0 Å². The van der Waals surface area contributed by atoms with Crippen LogP contribution in [-0.2, 0) is 0 Å². The van der Waals surface area contributed by atoms with Gasteiger partial charge in [-0.25, -0.2) is 9.97 Å². The van der Waals surface area contributed by atoms with Crippen molar-refractivity contribution in [2.75, 3.05) is 12.4 Å². The molecule has 0 fully saturated rings. The Hall–Kier alpha value is -2.63. The Balaban J connectivity index is 2.16. The minimum absolute atomic E-state index is 0.233. The fourth-order valence-corrected chi connectivity index (χ4v) is 1.80. The molecular weight excluding hydrogens is 280 g/mol. The molecule has 0 saturated carbocycles. The largest absolute Gasteiger partial charge is 0.497 e. The first-order valence-electron chi connectivity index (χ1n) is 6.93. The lowest BCUT2D eigenvalue weighted by Crippen LogP contribution is -2.40. The molecule has 1 aromatic heterocycles. The van der Waals surface area contributed by atoms with Crippen LogP contribution in [0.4, 0.5) is 11.5 Å². The maximum atomic E-state index is 12.1. The van der Waals surface area contributed by atoms with Crippen molar-refractivity contribution in [2.24, 2.45) is 0 Å². The quantitative estimate of drug-likeness (QED) is 0.908. The molecule has 0 aliphatic carbocycles. The Kier molecular flexibility index (Phi) is 4.60. The second-order valence-electron chi connectivity index (χ2n) is 5.85. The highest BCUT2D eigenvalue weighted by Crippen LogP contribution is 2.20. The van der Waals surface area contributed by atoms with Gasteiger partial charge in [0.15, 0.2) is 0 Å². The van der Waals surface area contributed by atoms with E-state index in [1.54, 1.807) is 13.2 Å². The topological polar surface area (TPSA) is 76.1 Å². The lowest BCUT2D eigenvalue weighted by atomic mass is 10.1. The summed E-state index contributed by atoms with van der Waals surface area (Å²) in [6.45, 7) is 5.75. The van der Waals surface area contributed by atoms with Gasteiger partial charge in [0.05, 0.1) is 7.11 Å². The number of methoxy groups -OCH3 is 1. The van der Waals surface area contributed by atoms with E-state index in [2.05, 4.69) is 20.6 Å². The first-order chi connectivity index (χ1) is 10.4.